The fourth-order valence-electron chi connectivity index (χ4n) is 2.97. The standard InChI is InChI=1S/C17H12N2O14S3/c20-11-5-7(34(25,26)27)1-6-2-12(36(31,32)33)14(16(22)13(6)11)19-18-10-4-8(35(28,29)30)3-9(15(10)21)17(23)24/h1-5,20-22H,(H,23,24)(H,25,26,27)(H,28,29,30)(H,31,32,33). The number of aromatic hydroxyl groups is 3. The highest BCUT2D eigenvalue weighted by molar-refractivity contribution is 7.86. The molecule has 3 rings (SSSR count). The van der Waals surface area contributed by atoms with Gasteiger partial charge in [-0.25, -0.2) is 4.79 Å². The molecule has 0 saturated heterocycles. The molecular weight excluding hydrogens is 552 g/mol. The zero-order valence-electron chi connectivity index (χ0n) is 17.0. The van der Waals surface area contributed by atoms with E-state index in [4.69, 9.17) is 5.11 Å². The molecule has 0 bridgehead atoms. The minimum absolute atomic E-state index is 0.383. The smallest absolute Gasteiger partial charge is 0.339 e. The molecule has 192 valence electrons. The van der Waals surface area contributed by atoms with Crippen molar-refractivity contribution in [3.05, 3.63) is 35.9 Å². The summed E-state index contributed by atoms with van der Waals surface area (Å²) in [5.41, 5.74) is -3.13. The lowest BCUT2D eigenvalue weighted by atomic mass is 10.1. The SMILES string of the molecule is O=C(O)c1cc(S(=O)(=O)O)cc(N=Nc2c(S(=O)(=O)O)cc3cc(S(=O)(=O)O)cc(O)c3c2O)c1O. The van der Waals surface area contributed by atoms with Crippen LogP contribution in [0.1, 0.15) is 10.4 Å². The van der Waals surface area contributed by atoms with E-state index >= 15 is 0 Å². The lowest BCUT2D eigenvalue weighted by molar-refractivity contribution is 0.0693. The Hall–Kier alpha value is -3.88. The third-order valence-electron chi connectivity index (χ3n) is 4.53. The zero-order valence-corrected chi connectivity index (χ0v) is 19.4. The minimum Gasteiger partial charge on any atom is -0.507 e. The average Bonchev–Trinajstić information content (AvgIpc) is 2.70. The maximum Gasteiger partial charge on any atom is 0.339 e. The summed E-state index contributed by atoms with van der Waals surface area (Å²) in [7, 11) is -15.2. The zero-order chi connectivity index (χ0) is 27.4. The summed E-state index contributed by atoms with van der Waals surface area (Å²) in [6.45, 7) is 0. The van der Waals surface area contributed by atoms with E-state index in [1.807, 2.05) is 0 Å². The van der Waals surface area contributed by atoms with Gasteiger partial charge in [0.1, 0.15) is 27.6 Å². The fourth-order valence-corrected chi connectivity index (χ4v) is 4.69. The van der Waals surface area contributed by atoms with E-state index in [1.165, 1.54) is 0 Å². The van der Waals surface area contributed by atoms with Crippen LogP contribution < -0.4 is 0 Å². The molecule has 0 aromatic heterocycles. The molecule has 0 spiro atoms. The van der Waals surface area contributed by atoms with Crippen molar-refractivity contribution in [2.75, 3.05) is 0 Å². The number of phenols is 3. The third-order valence-corrected chi connectivity index (χ3v) is 7.06. The van der Waals surface area contributed by atoms with Crippen molar-refractivity contribution < 1.29 is 64.1 Å². The number of rotatable bonds is 6. The second kappa shape index (κ2) is 8.65. The number of carboxylic acids is 1. The first-order valence-corrected chi connectivity index (χ1v) is 13.1. The predicted molar refractivity (Wildman–Crippen MR) is 116 cm³/mol. The number of benzene rings is 3. The summed E-state index contributed by atoms with van der Waals surface area (Å²) >= 11 is 0. The molecule has 3 aromatic carbocycles. The average molecular weight is 564 g/mol. The Kier molecular flexibility index (Phi) is 6.42. The Morgan fingerprint density at radius 1 is 0.694 bits per heavy atom. The summed E-state index contributed by atoms with van der Waals surface area (Å²) in [4.78, 5) is 8.11. The number of hydrogen-bond acceptors (Lipinski definition) is 12. The molecule has 0 radical (unpaired) electrons. The van der Waals surface area contributed by atoms with E-state index in [1.54, 1.807) is 0 Å². The number of azo groups is 1. The van der Waals surface area contributed by atoms with Gasteiger partial charge in [-0.15, -0.1) is 10.2 Å². The first-order valence-electron chi connectivity index (χ1n) is 8.79. The Morgan fingerprint density at radius 2 is 1.25 bits per heavy atom. The molecule has 36 heavy (non-hydrogen) atoms. The van der Waals surface area contributed by atoms with Gasteiger partial charge in [0, 0.05) is 6.07 Å². The summed E-state index contributed by atoms with van der Waals surface area (Å²) in [5.74, 6) is -5.26. The molecule has 7 N–H and O–H groups in total. The Bertz CT molecular complexity index is 1810. The fraction of sp³-hybridized carbons (Fsp3) is 0. The lowest BCUT2D eigenvalue weighted by Gasteiger charge is -2.11. The van der Waals surface area contributed by atoms with Gasteiger partial charge < -0.3 is 20.4 Å². The van der Waals surface area contributed by atoms with E-state index in [0.29, 0.717) is 30.3 Å². The number of fused-ring (bicyclic) bond motifs is 1. The summed E-state index contributed by atoms with van der Waals surface area (Å²) < 4.78 is 97.4. The summed E-state index contributed by atoms with van der Waals surface area (Å²) in [6, 6.07) is 2.49. The van der Waals surface area contributed by atoms with Gasteiger partial charge in [-0.05, 0) is 29.7 Å². The van der Waals surface area contributed by atoms with E-state index in [2.05, 4.69) is 10.2 Å². The molecule has 0 saturated carbocycles. The van der Waals surface area contributed by atoms with E-state index in [-0.39, 0.29) is 0 Å². The highest BCUT2D eigenvalue weighted by Crippen LogP contribution is 2.46. The molecule has 0 aliphatic heterocycles. The second-order valence-electron chi connectivity index (χ2n) is 6.88. The molecule has 0 fully saturated rings. The maximum atomic E-state index is 11.9. The van der Waals surface area contributed by atoms with Crippen molar-refractivity contribution in [3.8, 4) is 17.2 Å². The first-order chi connectivity index (χ1) is 16.3. The molecule has 0 atom stereocenters. The van der Waals surface area contributed by atoms with Crippen LogP contribution in [0.15, 0.2) is 55.2 Å². The normalized spacial score (nSPS) is 12.9. The molecule has 16 nitrogen and oxygen atoms in total. The maximum absolute atomic E-state index is 11.9. The monoisotopic (exact) mass is 564 g/mol. The number of phenolic OH excluding ortho intramolecular Hbond substituents is 2. The molecular formula is C17H12N2O14S3. The second-order valence-corrected chi connectivity index (χ2v) is 11.1. The lowest BCUT2D eigenvalue weighted by Crippen LogP contribution is -2.03. The first kappa shape index (κ1) is 26.7. The summed E-state index contributed by atoms with van der Waals surface area (Å²) in [5, 5.41) is 45.4. The predicted octanol–water partition coefficient (Wildman–Crippen LogP) is 1.81. The van der Waals surface area contributed by atoms with Gasteiger partial charge in [0.25, 0.3) is 30.4 Å². The molecule has 19 heteroatoms. The van der Waals surface area contributed by atoms with E-state index in [9.17, 15) is 59.0 Å². The van der Waals surface area contributed by atoms with E-state index < -0.39 is 96.0 Å². The van der Waals surface area contributed by atoms with Gasteiger partial charge >= 0.3 is 5.97 Å². The van der Waals surface area contributed by atoms with Crippen LogP contribution in [0.5, 0.6) is 17.2 Å². The molecule has 3 aromatic rings. The van der Waals surface area contributed by atoms with Gasteiger partial charge in [0.05, 0.1) is 15.2 Å². The van der Waals surface area contributed by atoms with Crippen LogP contribution in [0.2, 0.25) is 0 Å². The van der Waals surface area contributed by atoms with Crippen molar-refractivity contribution in [2.45, 2.75) is 14.7 Å². The number of aromatic carboxylic acids is 1. The van der Waals surface area contributed by atoms with Gasteiger partial charge in [-0.2, -0.15) is 25.3 Å². The molecule has 0 aliphatic carbocycles. The van der Waals surface area contributed by atoms with Crippen molar-refractivity contribution >= 4 is 58.5 Å². The largest absolute Gasteiger partial charge is 0.507 e. The highest BCUT2D eigenvalue weighted by Gasteiger charge is 2.26. The number of carbonyl (C=O) groups is 1. The van der Waals surface area contributed by atoms with Gasteiger partial charge in [0.15, 0.2) is 11.5 Å². The minimum atomic E-state index is -5.28. The van der Waals surface area contributed by atoms with Crippen molar-refractivity contribution in [1.82, 2.24) is 0 Å². The van der Waals surface area contributed by atoms with Crippen LogP contribution in [-0.2, 0) is 30.4 Å². The van der Waals surface area contributed by atoms with Crippen LogP contribution >= 0.6 is 0 Å². The third kappa shape index (κ3) is 5.05. The Labute approximate surface area is 200 Å². The molecule has 0 unspecified atom stereocenters. The molecule has 0 heterocycles. The van der Waals surface area contributed by atoms with Crippen molar-refractivity contribution in [2.24, 2.45) is 10.2 Å². The Balaban J connectivity index is 2.39. The topological polar surface area (TPSA) is 286 Å². The van der Waals surface area contributed by atoms with Crippen molar-refractivity contribution in [3.63, 3.8) is 0 Å². The van der Waals surface area contributed by atoms with Crippen LogP contribution in [0, 0.1) is 0 Å². The number of carboxylic acid groups (broad SMARTS) is 1. The van der Waals surface area contributed by atoms with Crippen LogP contribution in [0.4, 0.5) is 11.4 Å². The van der Waals surface area contributed by atoms with Gasteiger partial charge in [-0.1, -0.05) is 0 Å². The quantitative estimate of drug-likeness (QED) is 0.166. The van der Waals surface area contributed by atoms with Gasteiger partial charge in [0.2, 0.25) is 0 Å². The molecule has 0 aliphatic rings. The summed E-state index contributed by atoms with van der Waals surface area (Å²) in [6.07, 6.45) is 0. The highest BCUT2D eigenvalue weighted by atomic mass is 32.2. The number of hydrogen-bond donors (Lipinski definition) is 7. The molecule has 0 amide bonds. The van der Waals surface area contributed by atoms with Crippen LogP contribution in [0.25, 0.3) is 10.8 Å². The van der Waals surface area contributed by atoms with E-state index in [0.717, 1.165) is 0 Å². The number of nitrogens with zero attached hydrogens (tertiary/aromatic N) is 2. The van der Waals surface area contributed by atoms with Gasteiger partial charge in [-0.3, -0.25) is 13.7 Å². The van der Waals surface area contributed by atoms with Crippen LogP contribution in [0.3, 0.4) is 0 Å². The Morgan fingerprint density at radius 3 is 1.75 bits per heavy atom. The van der Waals surface area contributed by atoms with Crippen molar-refractivity contribution in [1.29, 1.82) is 0 Å². The van der Waals surface area contributed by atoms with Crippen LogP contribution in [-0.4, -0.2) is 65.3 Å².